The number of morpholine rings is 1. The van der Waals surface area contributed by atoms with Crippen LogP contribution >= 0.6 is 0 Å². The first-order valence-corrected chi connectivity index (χ1v) is 8.17. The number of ether oxygens (including phenoxy) is 1. The van der Waals surface area contributed by atoms with Crippen molar-refractivity contribution in [2.24, 2.45) is 0 Å². The molecule has 0 spiro atoms. The normalized spacial score (nSPS) is 37.6. The molecule has 1 N–H and O–H groups in total. The highest BCUT2D eigenvalue weighted by Gasteiger charge is 2.35. The first-order chi connectivity index (χ1) is 10.3. The van der Waals surface area contributed by atoms with Crippen molar-refractivity contribution in [1.29, 1.82) is 0 Å². The summed E-state index contributed by atoms with van der Waals surface area (Å²) in [4.78, 5) is 7.07. The molecule has 0 amide bonds. The lowest BCUT2D eigenvalue weighted by molar-refractivity contribution is -0.0548. The van der Waals surface area contributed by atoms with E-state index in [1.54, 1.807) is 0 Å². The van der Waals surface area contributed by atoms with Gasteiger partial charge in [-0.15, -0.1) is 0 Å². The number of aromatic nitrogens is 2. The summed E-state index contributed by atoms with van der Waals surface area (Å²) in [6.45, 7) is 2.83. The van der Waals surface area contributed by atoms with Crippen molar-refractivity contribution in [3.8, 4) is 0 Å². The molecular formula is C15H23N3O3. The predicted molar refractivity (Wildman–Crippen MR) is 74.8 cm³/mol. The van der Waals surface area contributed by atoms with Crippen molar-refractivity contribution in [2.75, 3.05) is 19.7 Å². The van der Waals surface area contributed by atoms with Crippen LogP contribution in [0, 0.1) is 0 Å². The molecule has 1 aliphatic carbocycles. The van der Waals surface area contributed by atoms with Gasteiger partial charge in [-0.3, -0.25) is 4.90 Å². The number of rotatable bonds is 2. The lowest BCUT2D eigenvalue weighted by Gasteiger charge is -2.33. The Morgan fingerprint density at radius 2 is 2.00 bits per heavy atom. The molecule has 6 heteroatoms. The molecule has 0 bridgehead atoms. The molecule has 1 aromatic heterocycles. The SMILES string of the molecule is OC1CCC(c2nc(C3CN4CCCC4CO3)no2)CC1. The maximum Gasteiger partial charge on any atom is 0.229 e. The zero-order valence-electron chi connectivity index (χ0n) is 12.3. The van der Waals surface area contributed by atoms with Gasteiger partial charge in [-0.25, -0.2) is 0 Å². The summed E-state index contributed by atoms with van der Waals surface area (Å²) < 4.78 is 11.4. The molecule has 2 saturated heterocycles. The number of hydrogen-bond donors (Lipinski definition) is 1. The van der Waals surface area contributed by atoms with Crippen LogP contribution in [0.15, 0.2) is 4.52 Å². The third-order valence-electron chi connectivity index (χ3n) is 5.18. The fourth-order valence-electron chi connectivity index (χ4n) is 3.84. The van der Waals surface area contributed by atoms with Gasteiger partial charge in [0.2, 0.25) is 11.7 Å². The van der Waals surface area contributed by atoms with E-state index >= 15 is 0 Å². The zero-order chi connectivity index (χ0) is 14.2. The van der Waals surface area contributed by atoms with Gasteiger partial charge in [0.25, 0.3) is 0 Å². The molecule has 1 saturated carbocycles. The molecular weight excluding hydrogens is 270 g/mol. The average Bonchev–Trinajstić information content (AvgIpc) is 3.16. The maximum atomic E-state index is 9.58. The molecule has 21 heavy (non-hydrogen) atoms. The average molecular weight is 293 g/mol. The largest absolute Gasteiger partial charge is 0.393 e. The van der Waals surface area contributed by atoms with Crippen molar-refractivity contribution in [3.63, 3.8) is 0 Å². The molecule has 3 fully saturated rings. The first kappa shape index (κ1) is 13.7. The van der Waals surface area contributed by atoms with Crippen LogP contribution in [0.4, 0.5) is 0 Å². The third-order valence-corrected chi connectivity index (χ3v) is 5.18. The third kappa shape index (κ3) is 2.72. The minimum atomic E-state index is -0.155. The Morgan fingerprint density at radius 1 is 1.14 bits per heavy atom. The van der Waals surface area contributed by atoms with E-state index in [1.165, 1.54) is 12.8 Å². The Balaban J connectivity index is 1.42. The topological polar surface area (TPSA) is 71.6 Å². The Morgan fingerprint density at radius 3 is 2.86 bits per heavy atom. The monoisotopic (exact) mass is 293 g/mol. The Hall–Kier alpha value is -0.980. The van der Waals surface area contributed by atoms with Crippen molar-refractivity contribution in [2.45, 2.75) is 62.7 Å². The van der Waals surface area contributed by atoms with Crippen molar-refractivity contribution < 1.29 is 14.4 Å². The summed E-state index contributed by atoms with van der Waals surface area (Å²) in [6, 6.07) is 0.590. The second-order valence-corrected chi connectivity index (χ2v) is 6.61. The van der Waals surface area contributed by atoms with E-state index < -0.39 is 0 Å². The standard InChI is InChI=1S/C15H23N3O3/c19-12-5-3-10(4-6-12)15-16-14(17-21-15)13-8-18-7-1-2-11(18)9-20-13/h10-13,19H,1-9H2. The number of fused-ring (bicyclic) bond motifs is 1. The Kier molecular flexibility index (Phi) is 3.69. The summed E-state index contributed by atoms with van der Waals surface area (Å²) in [5, 5.41) is 13.7. The lowest BCUT2D eigenvalue weighted by Crippen LogP contribution is -2.42. The minimum absolute atomic E-state index is 0.0500. The minimum Gasteiger partial charge on any atom is -0.393 e. The van der Waals surface area contributed by atoms with Gasteiger partial charge in [0.15, 0.2) is 0 Å². The smallest absolute Gasteiger partial charge is 0.229 e. The highest BCUT2D eigenvalue weighted by Crippen LogP contribution is 2.34. The Labute approximate surface area is 124 Å². The van der Waals surface area contributed by atoms with E-state index in [1.807, 2.05) is 0 Å². The van der Waals surface area contributed by atoms with Crippen LogP contribution in [0.2, 0.25) is 0 Å². The van der Waals surface area contributed by atoms with Crippen LogP contribution in [-0.2, 0) is 4.74 Å². The summed E-state index contributed by atoms with van der Waals surface area (Å²) in [7, 11) is 0. The van der Waals surface area contributed by atoms with Gasteiger partial charge in [0, 0.05) is 18.5 Å². The molecule has 3 heterocycles. The number of aliphatic hydroxyl groups is 1. The highest BCUT2D eigenvalue weighted by molar-refractivity contribution is 5.01. The molecule has 1 aromatic rings. The fourth-order valence-corrected chi connectivity index (χ4v) is 3.84. The van der Waals surface area contributed by atoms with Crippen LogP contribution in [-0.4, -0.2) is 52.0 Å². The molecule has 3 aliphatic rings. The van der Waals surface area contributed by atoms with E-state index in [2.05, 4.69) is 15.0 Å². The first-order valence-electron chi connectivity index (χ1n) is 8.17. The van der Waals surface area contributed by atoms with Crippen molar-refractivity contribution >= 4 is 0 Å². The van der Waals surface area contributed by atoms with Gasteiger partial charge >= 0.3 is 0 Å². The van der Waals surface area contributed by atoms with Crippen LogP contribution in [0.5, 0.6) is 0 Å². The molecule has 0 radical (unpaired) electrons. The van der Waals surface area contributed by atoms with Gasteiger partial charge in [-0.05, 0) is 45.1 Å². The fraction of sp³-hybridized carbons (Fsp3) is 0.867. The van der Waals surface area contributed by atoms with Crippen molar-refractivity contribution in [3.05, 3.63) is 11.7 Å². The van der Waals surface area contributed by atoms with E-state index in [0.717, 1.165) is 51.3 Å². The van der Waals surface area contributed by atoms with E-state index in [9.17, 15) is 5.11 Å². The van der Waals surface area contributed by atoms with E-state index in [-0.39, 0.29) is 12.2 Å². The van der Waals surface area contributed by atoms with Gasteiger partial charge in [0.05, 0.1) is 12.7 Å². The summed E-state index contributed by atoms with van der Waals surface area (Å²) in [5.74, 6) is 1.73. The molecule has 0 aromatic carbocycles. The van der Waals surface area contributed by atoms with Crippen LogP contribution in [0.3, 0.4) is 0 Å². The zero-order valence-corrected chi connectivity index (χ0v) is 12.3. The maximum absolute atomic E-state index is 9.58. The van der Waals surface area contributed by atoms with Crippen LogP contribution in [0.25, 0.3) is 0 Å². The quantitative estimate of drug-likeness (QED) is 0.893. The van der Waals surface area contributed by atoms with E-state index in [0.29, 0.717) is 17.8 Å². The molecule has 2 aliphatic heterocycles. The Bertz CT molecular complexity index is 484. The second-order valence-electron chi connectivity index (χ2n) is 6.61. The van der Waals surface area contributed by atoms with Crippen molar-refractivity contribution in [1.82, 2.24) is 15.0 Å². The highest BCUT2D eigenvalue weighted by atomic mass is 16.5. The van der Waals surface area contributed by atoms with Crippen LogP contribution in [0.1, 0.15) is 62.3 Å². The number of aliphatic hydroxyl groups excluding tert-OH is 1. The summed E-state index contributed by atoms with van der Waals surface area (Å²) in [5.41, 5.74) is 0. The lowest BCUT2D eigenvalue weighted by atomic mass is 9.87. The van der Waals surface area contributed by atoms with Gasteiger partial charge in [0.1, 0.15) is 6.10 Å². The number of hydrogen-bond acceptors (Lipinski definition) is 6. The second kappa shape index (κ2) is 5.66. The molecule has 4 rings (SSSR count). The van der Waals surface area contributed by atoms with E-state index in [4.69, 9.17) is 9.26 Å². The van der Waals surface area contributed by atoms with Gasteiger partial charge in [-0.1, -0.05) is 5.16 Å². The van der Waals surface area contributed by atoms with Gasteiger partial charge in [-0.2, -0.15) is 4.98 Å². The molecule has 6 nitrogen and oxygen atoms in total. The molecule has 2 atom stereocenters. The molecule has 116 valence electrons. The number of nitrogens with zero attached hydrogens (tertiary/aromatic N) is 3. The molecule has 2 unspecified atom stereocenters. The van der Waals surface area contributed by atoms with Gasteiger partial charge < -0.3 is 14.4 Å². The summed E-state index contributed by atoms with van der Waals surface area (Å²) in [6.07, 6.45) is 5.83. The van der Waals surface area contributed by atoms with Crippen LogP contribution < -0.4 is 0 Å². The summed E-state index contributed by atoms with van der Waals surface area (Å²) >= 11 is 0. The predicted octanol–water partition coefficient (Wildman–Crippen LogP) is 1.62.